The number of carbonyl (C=O) groups is 1. The average molecular weight is 337 g/mol. The van der Waals surface area contributed by atoms with Crippen LogP contribution in [0.15, 0.2) is 18.2 Å². The van der Waals surface area contributed by atoms with Crippen molar-refractivity contribution in [2.24, 2.45) is 0 Å². The van der Waals surface area contributed by atoms with E-state index >= 15 is 0 Å². The minimum absolute atomic E-state index is 0.115. The molecule has 0 aliphatic rings. The lowest BCUT2D eigenvalue weighted by molar-refractivity contribution is 0.102. The van der Waals surface area contributed by atoms with E-state index in [2.05, 4.69) is 10.3 Å². The highest BCUT2D eigenvalue weighted by atomic mass is 16.5. The van der Waals surface area contributed by atoms with Gasteiger partial charge in [-0.15, -0.1) is 0 Å². The number of pyridine rings is 1. The number of nitrogen functional groups attached to an aromatic ring is 1. The summed E-state index contributed by atoms with van der Waals surface area (Å²) < 4.78 is 5.12. The van der Waals surface area contributed by atoms with Crippen molar-refractivity contribution in [1.82, 2.24) is 4.98 Å². The molecule has 25 heavy (non-hydrogen) atoms. The summed E-state index contributed by atoms with van der Waals surface area (Å²) in [7, 11) is 1.40. The molecule has 1 amide bonds. The molecule has 0 aliphatic heterocycles. The van der Waals surface area contributed by atoms with Gasteiger partial charge in [0.15, 0.2) is 0 Å². The number of nitrogens with one attached hydrogen (secondary N) is 2. The van der Waals surface area contributed by atoms with E-state index in [1.165, 1.54) is 7.11 Å². The Balaban J connectivity index is 2.43. The van der Waals surface area contributed by atoms with Crippen molar-refractivity contribution in [3.63, 3.8) is 0 Å². The van der Waals surface area contributed by atoms with Crippen molar-refractivity contribution in [1.29, 1.82) is 10.7 Å². The summed E-state index contributed by atoms with van der Waals surface area (Å²) in [5.74, 6) is -0.314. The Morgan fingerprint density at radius 1 is 1.36 bits per heavy atom. The fourth-order valence-electron chi connectivity index (χ4n) is 2.42. The van der Waals surface area contributed by atoms with Crippen LogP contribution in [-0.2, 0) is 0 Å². The van der Waals surface area contributed by atoms with Gasteiger partial charge in [0.1, 0.15) is 17.3 Å². The topological polar surface area (TPSA) is 125 Å². The number of amides is 1. The molecule has 1 aromatic carbocycles. The monoisotopic (exact) mass is 337 g/mol. The molecule has 0 saturated carbocycles. The minimum atomic E-state index is -0.429. The van der Waals surface area contributed by atoms with Crippen LogP contribution in [0, 0.1) is 30.6 Å². The molecule has 128 valence electrons. The lowest BCUT2D eigenvalue weighted by atomic mass is 10.0. The van der Waals surface area contributed by atoms with Crippen molar-refractivity contribution in [2.45, 2.75) is 20.8 Å². The third-order valence-corrected chi connectivity index (χ3v) is 3.96. The molecule has 0 radical (unpaired) electrons. The summed E-state index contributed by atoms with van der Waals surface area (Å²) in [5.41, 5.74) is 9.40. The summed E-state index contributed by atoms with van der Waals surface area (Å²) in [4.78, 5) is 16.8. The van der Waals surface area contributed by atoms with Gasteiger partial charge < -0.3 is 21.2 Å². The zero-order chi connectivity index (χ0) is 18.7. The molecular weight excluding hydrogens is 318 g/mol. The standard InChI is InChI=1S/C18H19N5O2/c1-9-10(2)16(23-18(25-4)14(9)8-19)17(24)22-12-5-6-15(21)13(7-12)11(3)20/h5-7,20H,21H2,1-4H3,(H,22,24). The molecule has 0 fully saturated rings. The van der Waals surface area contributed by atoms with Crippen molar-refractivity contribution in [3.05, 3.63) is 46.1 Å². The average Bonchev–Trinajstić information content (AvgIpc) is 2.58. The number of methoxy groups -OCH3 is 1. The molecule has 2 aromatic rings. The van der Waals surface area contributed by atoms with Crippen LogP contribution in [0.2, 0.25) is 0 Å². The Labute approximate surface area is 146 Å². The number of rotatable bonds is 4. The highest BCUT2D eigenvalue weighted by molar-refractivity contribution is 6.06. The van der Waals surface area contributed by atoms with E-state index in [4.69, 9.17) is 15.9 Å². The molecule has 0 saturated heterocycles. The van der Waals surface area contributed by atoms with E-state index in [-0.39, 0.29) is 11.6 Å². The molecule has 1 aromatic heterocycles. The van der Waals surface area contributed by atoms with Gasteiger partial charge in [-0.05, 0) is 50.1 Å². The molecule has 7 nitrogen and oxygen atoms in total. The summed E-state index contributed by atoms with van der Waals surface area (Å²) >= 11 is 0. The molecule has 4 N–H and O–H groups in total. The Kier molecular flexibility index (Phi) is 5.03. The molecule has 0 unspecified atom stereocenters. The summed E-state index contributed by atoms with van der Waals surface area (Å²) in [6, 6.07) is 6.97. The number of aromatic nitrogens is 1. The fraction of sp³-hybridized carbons (Fsp3) is 0.222. The second-order valence-electron chi connectivity index (χ2n) is 5.59. The smallest absolute Gasteiger partial charge is 0.274 e. The fourth-order valence-corrected chi connectivity index (χ4v) is 2.42. The van der Waals surface area contributed by atoms with Gasteiger partial charge in [0.25, 0.3) is 5.91 Å². The lowest BCUT2D eigenvalue weighted by Crippen LogP contribution is -2.17. The summed E-state index contributed by atoms with van der Waals surface area (Å²) in [6.45, 7) is 5.10. The van der Waals surface area contributed by atoms with Gasteiger partial charge in [0.05, 0.1) is 7.11 Å². The quantitative estimate of drug-likeness (QED) is 0.584. The maximum atomic E-state index is 12.6. The predicted octanol–water partition coefficient (Wildman–Crippen LogP) is 2.80. The van der Waals surface area contributed by atoms with E-state index in [0.717, 1.165) is 0 Å². The van der Waals surface area contributed by atoms with Crippen molar-refractivity contribution in [2.75, 3.05) is 18.2 Å². The number of hydrogen-bond donors (Lipinski definition) is 3. The van der Waals surface area contributed by atoms with Crippen molar-refractivity contribution >= 4 is 23.0 Å². The minimum Gasteiger partial charge on any atom is -0.480 e. The van der Waals surface area contributed by atoms with E-state index in [9.17, 15) is 10.1 Å². The maximum absolute atomic E-state index is 12.6. The van der Waals surface area contributed by atoms with Crippen LogP contribution in [0.25, 0.3) is 0 Å². The zero-order valence-electron chi connectivity index (χ0n) is 14.5. The predicted molar refractivity (Wildman–Crippen MR) is 96.3 cm³/mol. The number of nitrogens with zero attached hydrogens (tertiary/aromatic N) is 2. The Morgan fingerprint density at radius 2 is 2.04 bits per heavy atom. The van der Waals surface area contributed by atoms with Gasteiger partial charge >= 0.3 is 0 Å². The Hall–Kier alpha value is -3.40. The first-order chi connectivity index (χ1) is 11.8. The number of nitriles is 1. The van der Waals surface area contributed by atoms with E-state index < -0.39 is 5.91 Å². The third-order valence-electron chi connectivity index (χ3n) is 3.96. The second kappa shape index (κ2) is 7.01. The number of nitrogens with two attached hydrogens (primary N) is 1. The summed E-state index contributed by atoms with van der Waals surface area (Å²) in [6.07, 6.45) is 0. The highest BCUT2D eigenvalue weighted by Crippen LogP contribution is 2.25. The van der Waals surface area contributed by atoms with Crippen molar-refractivity contribution in [3.8, 4) is 11.9 Å². The van der Waals surface area contributed by atoms with Crippen LogP contribution in [0.3, 0.4) is 0 Å². The van der Waals surface area contributed by atoms with Crippen LogP contribution in [0.1, 0.15) is 39.7 Å². The highest BCUT2D eigenvalue weighted by Gasteiger charge is 2.20. The first-order valence-electron chi connectivity index (χ1n) is 7.51. The first-order valence-corrected chi connectivity index (χ1v) is 7.51. The van der Waals surface area contributed by atoms with E-state index in [1.807, 2.05) is 6.07 Å². The second-order valence-corrected chi connectivity index (χ2v) is 5.59. The number of anilines is 2. The SMILES string of the molecule is COc1nc(C(=O)Nc2ccc(N)c(C(C)=N)c2)c(C)c(C)c1C#N. The third kappa shape index (κ3) is 3.43. The molecule has 0 spiro atoms. The molecule has 0 bridgehead atoms. The first kappa shape index (κ1) is 17.9. The zero-order valence-corrected chi connectivity index (χ0v) is 14.5. The van der Waals surface area contributed by atoms with Gasteiger partial charge in [0.2, 0.25) is 5.88 Å². The molecular formula is C18H19N5O2. The Bertz CT molecular complexity index is 913. The summed E-state index contributed by atoms with van der Waals surface area (Å²) in [5, 5.41) is 19.7. The lowest BCUT2D eigenvalue weighted by Gasteiger charge is -2.13. The van der Waals surface area contributed by atoms with Gasteiger partial charge in [-0.2, -0.15) is 5.26 Å². The van der Waals surface area contributed by atoms with Crippen LogP contribution in [-0.4, -0.2) is 23.7 Å². The largest absolute Gasteiger partial charge is 0.480 e. The number of benzene rings is 1. The van der Waals surface area contributed by atoms with Gasteiger partial charge in [-0.25, -0.2) is 4.98 Å². The number of ether oxygens (including phenoxy) is 1. The number of hydrogen-bond acceptors (Lipinski definition) is 6. The van der Waals surface area contributed by atoms with Gasteiger partial charge in [0, 0.05) is 22.6 Å². The number of carbonyl (C=O) groups excluding carboxylic acids is 1. The maximum Gasteiger partial charge on any atom is 0.274 e. The molecule has 0 aliphatic carbocycles. The van der Waals surface area contributed by atoms with Gasteiger partial charge in [-0.1, -0.05) is 0 Å². The van der Waals surface area contributed by atoms with Gasteiger partial charge in [-0.3, -0.25) is 4.79 Å². The van der Waals surface area contributed by atoms with E-state index in [0.29, 0.717) is 39.3 Å². The van der Waals surface area contributed by atoms with Crippen LogP contribution in [0.4, 0.5) is 11.4 Å². The van der Waals surface area contributed by atoms with Crippen LogP contribution < -0.4 is 15.8 Å². The Morgan fingerprint density at radius 3 is 2.60 bits per heavy atom. The van der Waals surface area contributed by atoms with Crippen LogP contribution in [0.5, 0.6) is 5.88 Å². The van der Waals surface area contributed by atoms with E-state index in [1.54, 1.807) is 39.0 Å². The molecule has 7 heteroatoms. The normalized spacial score (nSPS) is 10.0. The van der Waals surface area contributed by atoms with Crippen molar-refractivity contribution < 1.29 is 9.53 Å². The van der Waals surface area contributed by atoms with Crippen LogP contribution >= 0.6 is 0 Å². The molecule has 1 heterocycles. The molecule has 0 atom stereocenters. The molecule has 2 rings (SSSR count).